The number of carboxylic acids is 1. The molecule has 0 unspecified atom stereocenters. The maximum Gasteiger partial charge on any atom is 1.00 e. The fourth-order valence-electron chi connectivity index (χ4n) is 0.0873. The summed E-state index contributed by atoms with van der Waals surface area (Å²) in [5.74, 6) is -1.01. The minimum atomic E-state index is -1.01. The van der Waals surface area contributed by atoms with E-state index in [9.17, 15) is 4.79 Å². The van der Waals surface area contributed by atoms with E-state index in [1.54, 1.807) is 0 Å². The first-order valence-corrected chi connectivity index (χ1v) is 1.36. The topological polar surface area (TPSA) is 37.3 Å². The van der Waals surface area contributed by atoms with Crippen molar-refractivity contribution in [1.82, 2.24) is 0 Å². The van der Waals surface area contributed by atoms with Gasteiger partial charge in [0.2, 0.25) is 0 Å². The molecule has 0 atom stereocenters. The van der Waals surface area contributed by atoms with Crippen LogP contribution in [0.3, 0.4) is 0 Å². The van der Waals surface area contributed by atoms with Crippen LogP contribution in [0.4, 0.5) is 0 Å². The molecule has 2 nitrogen and oxygen atoms in total. The third kappa shape index (κ3) is 10.7. The zero-order valence-corrected chi connectivity index (χ0v) is 6.14. The van der Waals surface area contributed by atoms with Crippen molar-refractivity contribution in [3.8, 4) is 0 Å². The van der Waals surface area contributed by atoms with Crippen molar-refractivity contribution in [2.45, 2.75) is 0 Å². The largest absolute Gasteiger partial charge is 1.00 e. The van der Waals surface area contributed by atoms with Gasteiger partial charge in [0.15, 0.2) is 0 Å². The molecule has 0 saturated heterocycles. The minimum absolute atomic E-state index is 0. The fourth-order valence-corrected chi connectivity index (χ4v) is 0.0873. The smallest absolute Gasteiger partial charge is 1.00 e. The van der Waals surface area contributed by atoms with Crippen LogP contribution in [0.1, 0.15) is 1.43 Å². The first kappa shape index (κ1) is 10.1. The number of rotatable bonds is 1. The molecule has 0 aromatic heterocycles. The Kier molecular flexibility index (Phi) is 8.62. The number of aliphatic carboxylic acids is 1. The van der Waals surface area contributed by atoms with Crippen molar-refractivity contribution in [3.63, 3.8) is 0 Å². The molecule has 0 aliphatic rings. The van der Waals surface area contributed by atoms with Crippen LogP contribution in [-0.2, 0) is 4.79 Å². The van der Waals surface area contributed by atoms with E-state index < -0.39 is 5.97 Å². The van der Waals surface area contributed by atoms with Gasteiger partial charge in [-0.2, -0.15) is 0 Å². The summed E-state index contributed by atoms with van der Waals surface area (Å²) < 4.78 is 0. The van der Waals surface area contributed by atoms with Crippen LogP contribution in [0.25, 0.3) is 0 Å². The maximum atomic E-state index is 9.44. The van der Waals surface area contributed by atoms with Gasteiger partial charge in [0.1, 0.15) is 0 Å². The quantitative estimate of drug-likeness (QED) is 0.229. The van der Waals surface area contributed by atoms with Crippen molar-refractivity contribution in [2.24, 2.45) is 0 Å². The first-order valence-electron chi connectivity index (χ1n) is 1.36. The predicted molar refractivity (Wildman–Crippen MR) is 22.5 cm³/mol. The molecule has 0 rings (SSSR count). The Morgan fingerprint density at radius 3 is 2.43 bits per heavy atom. The van der Waals surface area contributed by atoms with E-state index in [1.807, 2.05) is 0 Å². The first-order chi connectivity index (χ1) is 2.77. The Hall–Kier alpha value is -0.0100. The van der Waals surface area contributed by atoms with E-state index >= 15 is 0 Å². The number of hydrogen-bond acceptors (Lipinski definition) is 1. The van der Waals surface area contributed by atoms with Crippen LogP contribution in [0.5, 0.6) is 0 Å². The molecule has 0 aromatic carbocycles. The summed E-state index contributed by atoms with van der Waals surface area (Å²) in [6.45, 7) is 3.04. The van der Waals surface area contributed by atoms with Gasteiger partial charge in [-0.25, -0.2) is 4.79 Å². The van der Waals surface area contributed by atoms with E-state index in [-0.39, 0.29) is 31.0 Å². The summed E-state index contributed by atoms with van der Waals surface area (Å²) in [4.78, 5) is 9.44. The SMILES string of the molecule is C=C=CC(=O)O.[H-].[Na+]. The molecule has 0 aromatic rings. The van der Waals surface area contributed by atoms with E-state index in [4.69, 9.17) is 5.11 Å². The van der Waals surface area contributed by atoms with Gasteiger partial charge in [0, 0.05) is 0 Å². The van der Waals surface area contributed by atoms with E-state index in [0.717, 1.165) is 6.08 Å². The van der Waals surface area contributed by atoms with Gasteiger partial charge >= 0.3 is 35.5 Å². The second-order valence-corrected chi connectivity index (χ2v) is 0.687. The van der Waals surface area contributed by atoms with E-state index in [1.165, 1.54) is 0 Å². The summed E-state index contributed by atoms with van der Waals surface area (Å²) in [7, 11) is 0. The van der Waals surface area contributed by atoms with Crippen molar-refractivity contribution >= 4 is 5.97 Å². The van der Waals surface area contributed by atoms with Crippen LogP contribution in [0.15, 0.2) is 18.4 Å². The standard InChI is InChI=1S/C4H4O2.Na.H/c1-2-3-4(5)6;;/h3H,1H2,(H,5,6);;/q;+1;-1. The number of carboxylic acid groups (broad SMARTS) is 1. The number of hydrogen-bond donors (Lipinski definition) is 1. The minimum Gasteiger partial charge on any atom is -1.00 e. The molecular weight excluding hydrogens is 103 g/mol. The zero-order chi connectivity index (χ0) is 4.99. The predicted octanol–water partition coefficient (Wildman–Crippen LogP) is -2.47. The van der Waals surface area contributed by atoms with Crippen LogP contribution in [0, 0.1) is 0 Å². The molecule has 3 heteroatoms. The monoisotopic (exact) mass is 108 g/mol. The molecule has 34 valence electrons. The molecular formula is C4H5NaO2. The van der Waals surface area contributed by atoms with Gasteiger partial charge < -0.3 is 6.53 Å². The van der Waals surface area contributed by atoms with Crippen LogP contribution in [0.2, 0.25) is 0 Å². The summed E-state index contributed by atoms with van der Waals surface area (Å²) in [6, 6.07) is 0. The molecule has 0 aliphatic carbocycles. The second-order valence-electron chi connectivity index (χ2n) is 0.687. The molecule has 0 bridgehead atoms. The normalized spacial score (nSPS) is 5.14. The summed E-state index contributed by atoms with van der Waals surface area (Å²) >= 11 is 0. The molecule has 0 fully saturated rings. The summed E-state index contributed by atoms with van der Waals surface area (Å²) in [6.07, 6.45) is 0.847. The Labute approximate surface area is 65.3 Å². The summed E-state index contributed by atoms with van der Waals surface area (Å²) in [5, 5.41) is 7.76. The molecule has 0 amide bonds. The Morgan fingerprint density at radius 2 is 2.43 bits per heavy atom. The van der Waals surface area contributed by atoms with Gasteiger partial charge in [-0.05, 0) is 0 Å². The van der Waals surface area contributed by atoms with Crippen molar-refractivity contribution in [1.29, 1.82) is 0 Å². The van der Waals surface area contributed by atoms with Crippen molar-refractivity contribution in [2.75, 3.05) is 0 Å². The second kappa shape index (κ2) is 5.99. The summed E-state index contributed by atoms with van der Waals surface area (Å²) in [5.41, 5.74) is 2.09. The Morgan fingerprint density at radius 1 is 2.00 bits per heavy atom. The molecule has 0 spiro atoms. The molecule has 7 heavy (non-hydrogen) atoms. The van der Waals surface area contributed by atoms with Crippen LogP contribution >= 0.6 is 0 Å². The van der Waals surface area contributed by atoms with Crippen molar-refractivity contribution < 1.29 is 40.9 Å². The fraction of sp³-hybridized carbons (Fsp3) is 0. The van der Waals surface area contributed by atoms with Crippen LogP contribution in [-0.4, -0.2) is 11.1 Å². The van der Waals surface area contributed by atoms with Gasteiger partial charge in [0.25, 0.3) is 0 Å². The van der Waals surface area contributed by atoms with Crippen LogP contribution < -0.4 is 29.6 Å². The van der Waals surface area contributed by atoms with E-state index in [2.05, 4.69) is 12.3 Å². The average Bonchev–Trinajstić information content (AvgIpc) is 1.35. The molecule has 0 heterocycles. The third-order valence-electron chi connectivity index (χ3n) is 0.226. The van der Waals surface area contributed by atoms with E-state index in [0.29, 0.717) is 0 Å². The molecule has 1 N–H and O–H groups in total. The number of carbonyl (C=O) groups is 1. The molecule has 0 aliphatic heterocycles. The average molecular weight is 108 g/mol. The molecule has 0 saturated carbocycles. The van der Waals surface area contributed by atoms with Gasteiger partial charge in [-0.3, -0.25) is 0 Å². The maximum absolute atomic E-state index is 9.44. The third-order valence-corrected chi connectivity index (χ3v) is 0.226. The van der Waals surface area contributed by atoms with Crippen molar-refractivity contribution in [3.05, 3.63) is 18.4 Å². The van der Waals surface area contributed by atoms with Gasteiger partial charge in [0.05, 0.1) is 6.08 Å². The zero-order valence-electron chi connectivity index (χ0n) is 5.14. The van der Waals surface area contributed by atoms with Gasteiger partial charge in [-0.15, -0.1) is 5.73 Å². The Bertz CT molecular complexity index is 107. The van der Waals surface area contributed by atoms with Gasteiger partial charge in [-0.1, -0.05) is 6.58 Å². The molecule has 0 radical (unpaired) electrons. The Balaban J connectivity index is -0.000000125.